The smallest absolute Gasteiger partial charge is 0.231 e. The van der Waals surface area contributed by atoms with E-state index >= 15 is 0 Å². The first kappa shape index (κ1) is 11.9. The van der Waals surface area contributed by atoms with Crippen LogP contribution in [0.1, 0.15) is 17.2 Å². The molecule has 98 valence electrons. The fourth-order valence-corrected chi connectivity index (χ4v) is 2.31. The van der Waals surface area contributed by atoms with Crippen molar-refractivity contribution in [2.45, 2.75) is 6.04 Å². The predicted octanol–water partition coefficient (Wildman–Crippen LogP) is 2.31. The maximum absolute atomic E-state index is 5.72. The van der Waals surface area contributed by atoms with E-state index in [0.717, 1.165) is 28.3 Å². The summed E-state index contributed by atoms with van der Waals surface area (Å²) in [5.74, 6) is 1.60. The van der Waals surface area contributed by atoms with Gasteiger partial charge in [-0.25, -0.2) is 0 Å². The van der Waals surface area contributed by atoms with Gasteiger partial charge in [-0.05, 0) is 42.4 Å². The second kappa shape index (κ2) is 4.82. The third kappa shape index (κ3) is 2.22. The van der Waals surface area contributed by atoms with Gasteiger partial charge < -0.3 is 20.5 Å². The van der Waals surface area contributed by atoms with Crippen molar-refractivity contribution in [2.24, 2.45) is 0 Å². The van der Waals surface area contributed by atoms with Crippen molar-refractivity contribution >= 4 is 5.69 Å². The van der Waals surface area contributed by atoms with Crippen molar-refractivity contribution in [2.75, 3.05) is 19.6 Å². The Bertz CT molecular complexity index is 581. The van der Waals surface area contributed by atoms with Crippen LogP contribution in [0.2, 0.25) is 0 Å². The molecule has 1 unspecified atom stereocenters. The number of fused-ring (bicyclic) bond motifs is 1. The first-order valence-corrected chi connectivity index (χ1v) is 6.20. The average Bonchev–Trinajstić information content (AvgIpc) is 2.89. The molecule has 0 aromatic heterocycles. The van der Waals surface area contributed by atoms with Gasteiger partial charge in [-0.2, -0.15) is 0 Å². The second-order valence-electron chi connectivity index (χ2n) is 4.50. The highest BCUT2D eigenvalue weighted by molar-refractivity contribution is 5.48. The van der Waals surface area contributed by atoms with Crippen molar-refractivity contribution in [3.8, 4) is 11.5 Å². The minimum atomic E-state index is 0.107. The Morgan fingerprint density at radius 2 is 1.68 bits per heavy atom. The van der Waals surface area contributed by atoms with E-state index in [4.69, 9.17) is 15.2 Å². The third-order valence-electron chi connectivity index (χ3n) is 3.29. The maximum Gasteiger partial charge on any atom is 0.231 e. The van der Waals surface area contributed by atoms with Gasteiger partial charge in [0.2, 0.25) is 6.79 Å². The minimum Gasteiger partial charge on any atom is -0.454 e. The Morgan fingerprint density at radius 1 is 1.00 bits per heavy atom. The number of hydrogen-bond donors (Lipinski definition) is 2. The lowest BCUT2D eigenvalue weighted by Crippen LogP contribution is -2.17. The summed E-state index contributed by atoms with van der Waals surface area (Å²) in [5, 5.41) is 3.31. The van der Waals surface area contributed by atoms with Gasteiger partial charge in [0.15, 0.2) is 11.5 Å². The van der Waals surface area contributed by atoms with Crippen LogP contribution in [0.4, 0.5) is 5.69 Å². The van der Waals surface area contributed by atoms with Crippen molar-refractivity contribution in [3.63, 3.8) is 0 Å². The quantitative estimate of drug-likeness (QED) is 0.827. The molecule has 1 aliphatic rings. The van der Waals surface area contributed by atoms with E-state index in [1.807, 2.05) is 49.5 Å². The molecule has 0 bridgehead atoms. The van der Waals surface area contributed by atoms with Crippen LogP contribution in [-0.4, -0.2) is 13.8 Å². The van der Waals surface area contributed by atoms with E-state index < -0.39 is 0 Å². The lowest BCUT2D eigenvalue weighted by atomic mass is 9.98. The monoisotopic (exact) mass is 256 g/mol. The summed E-state index contributed by atoms with van der Waals surface area (Å²) in [6.07, 6.45) is 0. The van der Waals surface area contributed by atoms with E-state index in [2.05, 4.69) is 5.32 Å². The highest BCUT2D eigenvalue weighted by Crippen LogP contribution is 2.35. The molecule has 0 fully saturated rings. The zero-order valence-electron chi connectivity index (χ0n) is 10.7. The summed E-state index contributed by atoms with van der Waals surface area (Å²) in [4.78, 5) is 0. The Hall–Kier alpha value is -2.20. The van der Waals surface area contributed by atoms with Gasteiger partial charge >= 0.3 is 0 Å². The Balaban J connectivity index is 1.96. The molecule has 1 heterocycles. The number of nitrogen functional groups attached to an aromatic ring is 1. The number of anilines is 1. The zero-order valence-corrected chi connectivity index (χ0v) is 10.7. The van der Waals surface area contributed by atoms with Gasteiger partial charge in [0.25, 0.3) is 0 Å². The first-order chi connectivity index (χ1) is 9.28. The number of benzene rings is 2. The molecule has 0 amide bonds. The average molecular weight is 256 g/mol. The van der Waals surface area contributed by atoms with Crippen LogP contribution in [0, 0.1) is 0 Å². The highest BCUT2D eigenvalue weighted by atomic mass is 16.7. The predicted molar refractivity (Wildman–Crippen MR) is 74.3 cm³/mol. The van der Waals surface area contributed by atoms with Crippen LogP contribution in [-0.2, 0) is 0 Å². The molecule has 1 aliphatic heterocycles. The van der Waals surface area contributed by atoms with E-state index in [1.54, 1.807) is 0 Å². The van der Waals surface area contributed by atoms with Crippen LogP contribution in [0.25, 0.3) is 0 Å². The Morgan fingerprint density at radius 3 is 2.42 bits per heavy atom. The molecule has 4 heteroatoms. The van der Waals surface area contributed by atoms with Crippen LogP contribution in [0.3, 0.4) is 0 Å². The van der Waals surface area contributed by atoms with Gasteiger partial charge in [0.05, 0.1) is 6.04 Å². The van der Waals surface area contributed by atoms with Gasteiger partial charge in [-0.3, -0.25) is 0 Å². The van der Waals surface area contributed by atoms with Gasteiger partial charge in [-0.1, -0.05) is 18.2 Å². The van der Waals surface area contributed by atoms with Crippen LogP contribution in [0.15, 0.2) is 42.5 Å². The lowest BCUT2D eigenvalue weighted by Gasteiger charge is -2.17. The van der Waals surface area contributed by atoms with Crippen molar-refractivity contribution < 1.29 is 9.47 Å². The molecule has 1 atom stereocenters. The van der Waals surface area contributed by atoms with Crippen molar-refractivity contribution in [3.05, 3.63) is 53.6 Å². The SMILES string of the molecule is CNC(c1ccc(N)cc1)c1ccc2c(c1)OCO2. The topological polar surface area (TPSA) is 56.5 Å². The highest BCUT2D eigenvalue weighted by Gasteiger charge is 2.18. The molecule has 0 saturated heterocycles. The molecular weight excluding hydrogens is 240 g/mol. The molecule has 0 saturated carbocycles. The zero-order chi connectivity index (χ0) is 13.2. The maximum atomic E-state index is 5.72. The van der Waals surface area contributed by atoms with Crippen LogP contribution < -0.4 is 20.5 Å². The normalized spacial score (nSPS) is 14.4. The molecule has 3 N–H and O–H groups in total. The summed E-state index contributed by atoms with van der Waals surface area (Å²) < 4.78 is 10.7. The van der Waals surface area contributed by atoms with Crippen LogP contribution in [0.5, 0.6) is 11.5 Å². The van der Waals surface area contributed by atoms with Crippen molar-refractivity contribution in [1.82, 2.24) is 5.32 Å². The molecule has 0 radical (unpaired) electrons. The third-order valence-corrected chi connectivity index (χ3v) is 3.29. The number of hydrogen-bond acceptors (Lipinski definition) is 4. The Labute approximate surface area is 112 Å². The number of nitrogens with one attached hydrogen (secondary N) is 1. The molecule has 0 spiro atoms. The summed E-state index contributed by atoms with van der Waals surface area (Å²) in [7, 11) is 1.94. The fourth-order valence-electron chi connectivity index (χ4n) is 2.31. The molecule has 4 nitrogen and oxygen atoms in total. The number of rotatable bonds is 3. The van der Waals surface area contributed by atoms with E-state index in [-0.39, 0.29) is 6.04 Å². The molecule has 2 aromatic carbocycles. The molecule has 0 aliphatic carbocycles. The molecule has 3 rings (SSSR count). The van der Waals surface area contributed by atoms with E-state index in [9.17, 15) is 0 Å². The van der Waals surface area contributed by atoms with Gasteiger partial charge in [-0.15, -0.1) is 0 Å². The second-order valence-corrected chi connectivity index (χ2v) is 4.50. The first-order valence-electron chi connectivity index (χ1n) is 6.20. The summed E-state index contributed by atoms with van der Waals surface area (Å²) in [5.41, 5.74) is 8.79. The lowest BCUT2D eigenvalue weighted by molar-refractivity contribution is 0.174. The summed E-state index contributed by atoms with van der Waals surface area (Å²) in [6.45, 7) is 0.297. The van der Waals surface area contributed by atoms with Crippen LogP contribution >= 0.6 is 0 Å². The summed E-state index contributed by atoms with van der Waals surface area (Å²) >= 11 is 0. The molecule has 19 heavy (non-hydrogen) atoms. The van der Waals surface area contributed by atoms with Crippen molar-refractivity contribution in [1.29, 1.82) is 0 Å². The minimum absolute atomic E-state index is 0.107. The molecular formula is C15H16N2O2. The van der Waals surface area contributed by atoms with E-state index in [1.165, 1.54) is 0 Å². The van der Waals surface area contributed by atoms with E-state index in [0.29, 0.717) is 6.79 Å². The fraction of sp³-hybridized carbons (Fsp3) is 0.200. The number of nitrogens with two attached hydrogens (primary N) is 1. The summed E-state index contributed by atoms with van der Waals surface area (Å²) in [6, 6.07) is 14.0. The van der Waals surface area contributed by atoms with Gasteiger partial charge in [0.1, 0.15) is 0 Å². The Kier molecular flexibility index (Phi) is 3.01. The van der Waals surface area contributed by atoms with Gasteiger partial charge in [0, 0.05) is 5.69 Å². The largest absolute Gasteiger partial charge is 0.454 e. The number of ether oxygens (including phenoxy) is 2. The standard InChI is InChI=1S/C15H16N2O2/c1-17-15(10-2-5-12(16)6-3-10)11-4-7-13-14(8-11)19-9-18-13/h2-8,15,17H,9,16H2,1H3. The molecule has 2 aromatic rings.